The number of carbonyl (C=O) groups excluding carboxylic acids is 1. The Labute approximate surface area is 149 Å². The SMILES string of the molecule is COc1ccc2c(c1)oc(=O)c(=O)n2O[C@H](NC(C)=O)C(Cl)(Cl)Cl. The quantitative estimate of drug-likeness (QED) is 0.473. The number of benzene rings is 1. The number of halogens is 3. The van der Waals surface area contributed by atoms with Crippen LogP contribution in [0.2, 0.25) is 0 Å². The van der Waals surface area contributed by atoms with Crippen LogP contribution in [0.25, 0.3) is 11.1 Å². The second-order valence-electron chi connectivity index (χ2n) is 4.55. The summed E-state index contributed by atoms with van der Waals surface area (Å²) in [5.41, 5.74) is -2.28. The van der Waals surface area contributed by atoms with E-state index >= 15 is 0 Å². The highest BCUT2D eigenvalue weighted by atomic mass is 35.6. The van der Waals surface area contributed by atoms with E-state index in [9.17, 15) is 14.4 Å². The fourth-order valence-electron chi connectivity index (χ4n) is 1.77. The van der Waals surface area contributed by atoms with Gasteiger partial charge >= 0.3 is 11.2 Å². The van der Waals surface area contributed by atoms with E-state index in [0.29, 0.717) is 10.5 Å². The van der Waals surface area contributed by atoms with Gasteiger partial charge in [0.1, 0.15) is 11.3 Å². The third-order valence-electron chi connectivity index (χ3n) is 2.79. The highest BCUT2D eigenvalue weighted by molar-refractivity contribution is 6.68. The van der Waals surface area contributed by atoms with E-state index < -0.39 is 27.1 Å². The highest BCUT2D eigenvalue weighted by Gasteiger charge is 2.37. The zero-order valence-electron chi connectivity index (χ0n) is 12.3. The summed E-state index contributed by atoms with van der Waals surface area (Å²) in [4.78, 5) is 40.2. The van der Waals surface area contributed by atoms with E-state index in [4.69, 9.17) is 48.8 Å². The van der Waals surface area contributed by atoms with E-state index in [1.165, 1.54) is 25.3 Å². The zero-order chi connectivity index (χ0) is 18.1. The lowest BCUT2D eigenvalue weighted by Crippen LogP contribution is -2.53. The third kappa shape index (κ3) is 3.95. The fraction of sp³-hybridized carbons (Fsp3) is 0.308. The van der Waals surface area contributed by atoms with E-state index in [1.54, 1.807) is 0 Å². The van der Waals surface area contributed by atoms with Gasteiger partial charge in [0.05, 0.1) is 7.11 Å². The molecule has 24 heavy (non-hydrogen) atoms. The number of rotatable bonds is 4. The smallest absolute Gasteiger partial charge is 0.406 e. The Balaban J connectivity index is 2.61. The minimum absolute atomic E-state index is 0.00448. The summed E-state index contributed by atoms with van der Waals surface area (Å²) in [5, 5.41) is 2.23. The van der Waals surface area contributed by atoms with Gasteiger partial charge in [0, 0.05) is 13.0 Å². The molecule has 8 nitrogen and oxygen atoms in total. The minimum atomic E-state index is -2.11. The van der Waals surface area contributed by atoms with Crippen LogP contribution in [0.5, 0.6) is 5.75 Å². The van der Waals surface area contributed by atoms with Crippen molar-refractivity contribution >= 4 is 51.8 Å². The molecule has 0 spiro atoms. The Hall–Kier alpha value is -1.90. The van der Waals surface area contributed by atoms with Gasteiger partial charge in [-0.05, 0) is 12.1 Å². The lowest BCUT2D eigenvalue weighted by molar-refractivity contribution is -0.123. The summed E-state index contributed by atoms with van der Waals surface area (Å²) >= 11 is 17.2. The van der Waals surface area contributed by atoms with E-state index in [-0.39, 0.29) is 11.1 Å². The summed E-state index contributed by atoms with van der Waals surface area (Å²) in [6, 6.07) is 4.28. The molecule has 1 aromatic heterocycles. The Morgan fingerprint density at radius 1 is 1.33 bits per heavy atom. The molecular weight excluding hydrogens is 387 g/mol. The fourth-order valence-corrected chi connectivity index (χ4v) is 2.05. The van der Waals surface area contributed by atoms with Gasteiger partial charge in [-0.3, -0.25) is 9.59 Å². The molecule has 11 heteroatoms. The normalized spacial score (nSPS) is 12.7. The number of hydrogen-bond donors (Lipinski definition) is 1. The number of ether oxygens (including phenoxy) is 1. The number of aromatic nitrogens is 1. The molecule has 1 N–H and O–H groups in total. The van der Waals surface area contributed by atoms with Crippen LogP contribution in [0, 0.1) is 0 Å². The van der Waals surface area contributed by atoms with Gasteiger partial charge in [-0.1, -0.05) is 34.8 Å². The Morgan fingerprint density at radius 3 is 2.54 bits per heavy atom. The van der Waals surface area contributed by atoms with Crippen molar-refractivity contribution in [1.29, 1.82) is 0 Å². The van der Waals surface area contributed by atoms with Crippen LogP contribution in [0.4, 0.5) is 0 Å². The topological polar surface area (TPSA) is 99.8 Å². The molecule has 0 saturated carbocycles. The Morgan fingerprint density at radius 2 is 2.00 bits per heavy atom. The molecular formula is C13H11Cl3N2O6. The molecule has 0 saturated heterocycles. The first-order valence-electron chi connectivity index (χ1n) is 6.38. The number of nitrogens with zero attached hydrogens (tertiary/aromatic N) is 1. The molecule has 1 atom stereocenters. The van der Waals surface area contributed by atoms with Crippen molar-refractivity contribution in [2.75, 3.05) is 7.11 Å². The summed E-state index contributed by atoms with van der Waals surface area (Å²) < 4.78 is 8.37. The van der Waals surface area contributed by atoms with Gasteiger partial charge in [0.2, 0.25) is 15.9 Å². The second-order valence-corrected chi connectivity index (χ2v) is 6.92. The highest BCUT2D eigenvalue weighted by Crippen LogP contribution is 2.30. The molecule has 0 fully saturated rings. The first-order valence-corrected chi connectivity index (χ1v) is 7.51. The number of methoxy groups -OCH3 is 1. The predicted molar refractivity (Wildman–Crippen MR) is 87.8 cm³/mol. The van der Waals surface area contributed by atoms with Crippen molar-refractivity contribution < 1.29 is 18.8 Å². The molecule has 1 heterocycles. The molecule has 0 aliphatic rings. The van der Waals surface area contributed by atoms with Crippen LogP contribution in [0.1, 0.15) is 6.92 Å². The summed E-state index contributed by atoms with van der Waals surface area (Å²) in [7, 11) is 1.42. The number of amides is 1. The largest absolute Gasteiger partial charge is 0.497 e. The zero-order valence-corrected chi connectivity index (χ0v) is 14.6. The average Bonchev–Trinajstić information content (AvgIpc) is 2.48. The molecule has 0 unspecified atom stereocenters. The summed E-state index contributed by atoms with van der Waals surface area (Å²) in [6.07, 6.45) is -1.54. The van der Waals surface area contributed by atoms with Crippen LogP contribution in [-0.4, -0.2) is 27.8 Å². The molecule has 1 aromatic carbocycles. The minimum Gasteiger partial charge on any atom is -0.497 e. The van der Waals surface area contributed by atoms with Crippen molar-refractivity contribution in [3.63, 3.8) is 0 Å². The molecule has 130 valence electrons. The van der Waals surface area contributed by atoms with Crippen molar-refractivity contribution in [1.82, 2.24) is 10.0 Å². The van der Waals surface area contributed by atoms with Crippen molar-refractivity contribution in [2.24, 2.45) is 0 Å². The maximum absolute atomic E-state index is 12.0. The van der Waals surface area contributed by atoms with Gasteiger partial charge in [-0.25, -0.2) is 4.79 Å². The maximum atomic E-state index is 12.0. The second kappa shape index (κ2) is 6.92. The standard InChI is InChI=1S/C13H11Cl3N2O6/c1-6(19)17-12(13(14,15)16)24-18-8-4-3-7(22-2)5-9(8)23-11(21)10(18)20/h3-5,12H,1-2H3,(H,17,19)/t12-/m0/s1. The first kappa shape index (κ1) is 18.4. The first-order chi connectivity index (χ1) is 11.1. The Kier molecular flexibility index (Phi) is 5.32. The number of nitrogens with one attached hydrogen (secondary N) is 1. The molecule has 0 aliphatic carbocycles. The van der Waals surface area contributed by atoms with Crippen LogP contribution < -0.4 is 26.1 Å². The average molecular weight is 398 g/mol. The van der Waals surface area contributed by atoms with Crippen LogP contribution in [0.15, 0.2) is 32.2 Å². The Bertz CT molecular complexity index is 886. The van der Waals surface area contributed by atoms with Gasteiger partial charge in [-0.2, -0.15) is 0 Å². The number of carbonyl (C=O) groups is 1. The predicted octanol–water partition coefficient (Wildman–Crippen LogP) is 1.22. The van der Waals surface area contributed by atoms with Crippen LogP contribution >= 0.6 is 34.8 Å². The van der Waals surface area contributed by atoms with Crippen molar-refractivity contribution in [2.45, 2.75) is 16.9 Å². The summed E-state index contributed by atoms with van der Waals surface area (Å²) in [6.45, 7) is 1.16. The molecule has 2 aromatic rings. The van der Waals surface area contributed by atoms with Gasteiger partial charge < -0.3 is 19.3 Å². The van der Waals surface area contributed by atoms with Gasteiger partial charge in [-0.15, -0.1) is 4.73 Å². The third-order valence-corrected chi connectivity index (χ3v) is 3.38. The monoisotopic (exact) mass is 396 g/mol. The molecule has 0 radical (unpaired) electrons. The molecule has 0 bridgehead atoms. The summed E-state index contributed by atoms with van der Waals surface area (Å²) in [5.74, 6) is -0.191. The lowest BCUT2D eigenvalue weighted by atomic mass is 10.3. The van der Waals surface area contributed by atoms with Crippen LogP contribution in [0.3, 0.4) is 0 Å². The number of alkyl halides is 3. The van der Waals surface area contributed by atoms with Crippen molar-refractivity contribution in [3.05, 3.63) is 39.0 Å². The number of fused-ring (bicyclic) bond motifs is 1. The molecule has 0 aliphatic heterocycles. The van der Waals surface area contributed by atoms with Crippen molar-refractivity contribution in [3.8, 4) is 5.75 Å². The van der Waals surface area contributed by atoms with E-state index in [1.807, 2.05) is 0 Å². The lowest BCUT2D eigenvalue weighted by Gasteiger charge is -2.25. The van der Waals surface area contributed by atoms with E-state index in [2.05, 4.69) is 5.32 Å². The van der Waals surface area contributed by atoms with Gasteiger partial charge in [0.25, 0.3) is 0 Å². The molecule has 1 amide bonds. The van der Waals surface area contributed by atoms with Crippen LogP contribution in [-0.2, 0) is 4.79 Å². The van der Waals surface area contributed by atoms with Gasteiger partial charge in [0.15, 0.2) is 5.58 Å². The maximum Gasteiger partial charge on any atom is 0.406 e. The van der Waals surface area contributed by atoms with E-state index in [0.717, 1.165) is 6.92 Å². The molecule has 2 rings (SSSR count). The number of hydrogen-bond acceptors (Lipinski definition) is 6.